The van der Waals surface area contributed by atoms with Crippen molar-refractivity contribution in [3.05, 3.63) is 48.0 Å². The molecule has 0 N–H and O–H groups in total. The van der Waals surface area contributed by atoms with Gasteiger partial charge in [0.05, 0.1) is 0 Å². The average molecular weight is 552 g/mol. The highest BCUT2D eigenvalue weighted by atomic mass is 32.3. The Morgan fingerprint density at radius 2 is 1.21 bits per heavy atom. The Bertz CT molecular complexity index is 1160. The van der Waals surface area contributed by atoms with Crippen LogP contribution in [0.15, 0.2) is 42.5 Å². The molecule has 0 fully saturated rings. The first-order valence-corrected chi connectivity index (χ1v) is 12.7. The Labute approximate surface area is 187 Å². The van der Waals surface area contributed by atoms with Crippen LogP contribution in [0, 0.1) is 0 Å². The molecule has 0 unspecified atom stereocenters. The first-order valence-electron chi connectivity index (χ1n) is 8.72. The summed E-state index contributed by atoms with van der Waals surface area (Å²) in [5.41, 5.74) is 0.248. The van der Waals surface area contributed by atoms with Crippen molar-refractivity contribution in [3.8, 4) is 0 Å². The Balaban J connectivity index is 2.40. The van der Waals surface area contributed by atoms with E-state index in [-0.39, 0.29) is 5.56 Å². The summed E-state index contributed by atoms with van der Waals surface area (Å²) in [5.74, 6) is -23.8. The number of halogens is 11. The molecule has 0 aromatic heterocycles. The van der Waals surface area contributed by atoms with Gasteiger partial charge < -0.3 is 0 Å². The molecule has 0 amide bonds. The lowest BCUT2D eigenvalue weighted by molar-refractivity contribution is -0.413. The molecule has 0 radical (unpaired) electrons. The van der Waals surface area contributed by atoms with Gasteiger partial charge in [-0.3, -0.25) is 0 Å². The molecule has 2 rings (SSSR count). The van der Waals surface area contributed by atoms with Crippen molar-refractivity contribution in [1.82, 2.24) is 0 Å². The van der Waals surface area contributed by atoms with Gasteiger partial charge >= 0.3 is 39.3 Å². The SMILES string of the molecule is CS(C)(Cc1ccc2ccccc2c1)OS(=O)(=O)C(F)(F)C(F)(F)C(F)(F)C(F)(F)C(F)(F)F. The number of hydrogen-bond donors (Lipinski definition) is 0. The predicted octanol–water partition coefficient (Wildman–Crippen LogP) is 6.73. The number of alkyl halides is 11. The van der Waals surface area contributed by atoms with E-state index < -0.39 is 55.4 Å². The zero-order chi connectivity index (χ0) is 26.6. The van der Waals surface area contributed by atoms with Gasteiger partial charge in [-0.15, -0.1) is 10.3 Å². The number of fused-ring (bicyclic) bond motifs is 1. The Morgan fingerprint density at radius 3 is 1.71 bits per heavy atom. The molecule has 34 heavy (non-hydrogen) atoms. The summed E-state index contributed by atoms with van der Waals surface area (Å²) >= 11 is 0. The van der Waals surface area contributed by atoms with Crippen LogP contribution in [0.2, 0.25) is 0 Å². The monoisotopic (exact) mass is 552 g/mol. The van der Waals surface area contributed by atoms with E-state index in [1.54, 1.807) is 24.3 Å². The number of rotatable bonds is 8. The summed E-state index contributed by atoms with van der Waals surface area (Å²) in [6.07, 6.45) is -5.69. The van der Waals surface area contributed by atoms with Crippen molar-refractivity contribution in [2.45, 2.75) is 35.0 Å². The number of hydrogen-bond acceptors (Lipinski definition) is 3. The van der Waals surface area contributed by atoms with Gasteiger partial charge in [0.2, 0.25) is 0 Å². The molecule has 16 heteroatoms. The molecule has 0 atom stereocenters. The zero-order valence-corrected chi connectivity index (χ0v) is 18.6. The molecule has 2 aromatic carbocycles. The maximum Gasteiger partial charge on any atom is 0.460 e. The topological polar surface area (TPSA) is 43.4 Å². The van der Waals surface area contributed by atoms with Gasteiger partial charge in [0.1, 0.15) is 0 Å². The van der Waals surface area contributed by atoms with Crippen molar-refractivity contribution in [2.75, 3.05) is 12.5 Å². The summed E-state index contributed by atoms with van der Waals surface area (Å²) in [6, 6.07) is 11.0. The second-order valence-electron chi connectivity index (χ2n) is 7.52. The van der Waals surface area contributed by atoms with E-state index in [4.69, 9.17) is 0 Å². The molecule has 0 heterocycles. The first kappa shape index (κ1) is 28.4. The lowest BCUT2D eigenvalue weighted by atomic mass is 10.0. The van der Waals surface area contributed by atoms with Gasteiger partial charge in [-0.05, 0) is 28.8 Å². The van der Waals surface area contributed by atoms with E-state index in [2.05, 4.69) is 3.63 Å². The molecule has 0 aliphatic carbocycles. The Hall–Kier alpha value is -1.81. The van der Waals surface area contributed by atoms with Gasteiger partial charge in [-0.1, -0.05) is 42.5 Å². The fraction of sp³-hybridized carbons (Fsp3) is 0.444. The van der Waals surface area contributed by atoms with Crippen molar-refractivity contribution in [2.24, 2.45) is 0 Å². The molecule has 194 valence electrons. The Morgan fingerprint density at radius 1 is 0.706 bits per heavy atom. The van der Waals surface area contributed by atoms with Crippen LogP contribution in [0.4, 0.5) is 48.3 Å². The highest BCUT2D eigenvalue weighted by molar-refractivity contribution is 8.31. The van der Waals surface area contributed by atoms with Gasteiger partial charge in [0, 0.05) is 5.75 Å². The van der Waals surface area contributed by atoms with Gasteiger partial charge in [-0.2, -0.15) is 56.7 Å². The third-order valence-electron chi connectivity index (χ3n) is 4.43. The minimum atomic E-state index is -7.85. The molecule has 0 saturated heterocycles. The molecule has 0 saturated carbocycles. The second-order valence-corrected chi connectivity index (χ2v) is 12.7. The average Bonchev–Trinajstić information content (AvgIpc) is 2.65. The van der Waals surface area contributed by atoms with Crippen LogP contribution in [0.5, 0.6) is 0 Å². The fourth-order valence-corrected chi connectivity index (χ4v) is 6.65. The highest BCUT2D eigenvalue weighted by Crippen LogP contribution is 2.60. The van der Waals surface area contributed by atoms with Crippen LogP contribution >= 0.6 is 10.3 Å². The maximum atomic E-state index is 14.0. The van der Waals surface area contributed by atoms with Crippen LogP contribution in [-0.2, 0) is 19.5 Å². The first-order chi connectivity index (χ1) is 15.0. The number of benzene rings is 2. The summed E-state index contributed by atoms with van der Waals surface area (Å²) < 4.78 is 173. The third-order valence-corrected chi connectivity index (χ3v) is 8.53. The maximum absolute atomic E-state index is 14.0. The zero-order valence-electron chi connectivity index (χ0n) is 16.9. The summed E-state index contributed by atoms with van der Waals surface area (Å²) in [5, 5.41) is -5.85. The lowest BCUT2D eigenvalue weighted by Gasteiger charge is -2.38. The predicted molar refractivity (Wildman–Crippen MR) is 103 cm³/mol. The minimum absolute atomic E-state index is 0.248. The molecule has 0 bridgehead atoms. The van der Waals surface area contributed by atoms with Crippen LogP contribution in [0.25, 0.3) is 10.8 Å². The smallest absolute Gasteiger partial charge is 0.215 e. The minimum Gasteiger partial charge on any atom is -0.215 e. The Kier molecular flexibility index (Phi) is 7.02. The van der Waals surface area contributed by atoms with E-state index in [9.17, 15) is 56.7 Å². The lowest BCUT2D eigenvalue weighted by Crippen LogP contribution is -2.68. The van der Waals surface area contributed by atoms with E-state index in [0.717, 1.165) is 12.5 Å². The molecule has 0 aliphatic heterocycles. The van der Waals surface area contributed by atoms with Crippen LogP contribution in [-0.4, -0.2) is 50.1 Å². The van der Waals surface area contributed by atoms with Gasteiger partial charge in [0.25, 0.3) is 0 Å². The molecule has 0 spiro atoms. The van der Waals surface area contributed by atoms with Crippen LogP contribution in [0.1, 0.15) is 5.56 Å². The van der Waals surface area contributed by atoms with Crippen molar-refractivity contribution in [1.29, 1.82) is 0 Å². The van der Waals surface area contributed by atoms with E-state index in [0.29, 0.717) is 10.8 Å². The molecule has 3 nitrogen and oxygen atoms in total. The van der Waals surface area contributed by atoms with Crippen molar-refractivity contribution >= 4 is 31.2 Å². The molecular formula is C18H15F11O3S2. The standard InChI is InChI=1S/C18H15F11O3S2/c1-33(2,10-11-7-8-12-5-3-4-6-13(12)9-11)32-34(30,31)18(28,29)16(23,24)14(19,20)15(21,22)17(25,26)27/h3-9H,10H2,1-2H3. The van der Waals surface area contributed by atoms with E-state index in [1.807, 2.05) is 0 Å². The van der Waals surface area contributed by atoms with E-state index >= 15 is 0 Å². The quantitative estimate of drug-likeness (QED) is 0.342. The van der Waals surface area contributed by atoms with E-state index in [1.165, 1.54) is 18.2 Å². The fourth-order valence-electron chi connectivity index (χ4n) is 2.75. The third kappa shape index (κ3) is 4.67. The summed E-state index contributed by atoms with van der Waals surface area (Å²) in [7, 11) is -10.5. The van der Waals surface area contributed by atoms with Crippen LogP contribution < -0.4 is 0 Å². The normalized spacial score (nSPS) is 15.6. The van der Waals surface area contributed by atoms with Gasteiger partial charge in [0.15, 0.2) is 0 Å². The highest BCUT2D eigenvalue weighted by Gasteiger charge is 2.90. The molecular weight excluding hydrogens is 537 g/mol. The van der Waals surface area contributed by atoms with Crippen LogP contribution in [0.3, 0.4) is 0 Å². The second kappa shape index (κ2) is 8.40. The summed E-state index contributed by atoms with van der Waals surface area (Å²) in [4.78, 5) is 0. The van der Waals surface area contributed by atoms with Gasteiger partial charge in [-0.25, -0.2) is 3.63 Å². The summed E-state index contributed by atoms with van der Waals surface area (Å²) in [6.45, 7) is 0. The largest absolute Gasteiger partial charge is 0.460 e. The van der Waals surface area contributed by atoms with Crippen molar-refractivity contribution in [3.63, 3.8) is 0 Å². The van der Waals surface area contributed by atoms with Crippen molar-refractivity contribution < 1.29 is 60.3 Å². The molecule has 2 aromatic rings. The molecule has 0 aliphatic rings.